The molecule has 0 radical (unpaired) electrons. The van der Waals surface area contributed by atoms with Crippen LogP contribution in [0.1, 0.15) is 27.2 Å². The number of hydrogen-bond donors (Lipinski definition) is 1. The molecule has 7 heteroatoms. The lowest BCUT2D eigenvalue weighted by molar-refractivity contribution is 0.0979. The summed E-state index contributed by atoms with van der Waals surface area (Å²) in [5, 5.41) is 0.690. The molecule has 0 unspecified atom stereocenters. The van der Waals surface area contributed by atoms with Gasteiger partial charge in [0.05, 0.1) is 18.8 Å². The highest BCUT2D eigenvalue weighted by atomic mass is 19.1. The number of rotatable bonds is 2. The summed E-state index contributed by atoms with van der Waals surface area (Å²) in [6.07, 6.45) is -0.460. The van der Waals surface area contributed by atoms with Crippen molar-refractivity contribution in [2.75, 3.05) is 13.1 Å². The molecule has 2 aliphatic rings. The van der Waals surface area contributed by atoms with Crippen molar-refractivity contribution >= 4 is 28.5 Å². The van der Waals surface area contributed by atoms with Crippen LogP contribution in [-0.2, 0) is 17.9 Å². The third-order valence-electron chi connectivity index (χ3n) is 5.10. The number of halogens is 1. The zero-order valence-electron chi connectivity index (χ0n) is 14.9. The first kappa shape index (κ1) is 16.7. The van der Waals surface area contributed by atoms with E-state index in [1.807, 2.05) is 30.3 Å². The van der Waals surface area contributed by atoms with Crippen molar-refractivity contribution in [2.45, 2.75) is 13.2 Å². The summed E-state index contributed by atoms with van der Waals surface area (Å²) >= 11 is 0. The van der Waals surface area contributed by atoms with Crippen LogP contribution in [0.25, 0.3) is 10.9 Å². The standard InChI is InChI=1S/C21H16FN3O3/c22-13-6-14-18(26)8-23-16-9-25(10-17-20(16)19(14)15(7-13)24-17)21(27)28-11-12-4-2-1-3-5-12/h1-7,24H,8-11H2. The van der Waals surface area contributed by atoms with E-state index in [0.29, 0.717) is 22.2 Å². The van der Waals surface area contributed by atoms with Gasteiger partial charge in [0.1, 0.15) is 19.0 Å². The summed E-state index contributed by atoms with van der Waals surface area (Å²) < 4.78 is 19.4. The van der Waals surface area contributed by atoms with Gasteiger partial charge in [0.25, 0.3) is 0 Å². The quantitative estimate of drug-likeness (QED) is 0.743. The number of nitrogens with zero attached hydrogens (tertiary/aromatic N) is 2. The van der Waals surface area contributed by atoms with Gasteiger partial charge in [0, 0.05) is 27.7 Å². The first-order valence-corrected chi connectivity index (χ1v) is 8.97. The number of ether oxygens (including phenoxy) is 1. The fourth-order valence-corrected chi connectivity index (χ4v) is 3.84. The van der Waals surface area contributed by atoms with Crippen LogP contribution >= 0.6 is 0 Å². The number of carbonyl (C=O) groups excluding carboxylic acids is 2. The Hall–Kier alpha value is -3.48. The van der Waals surface area contributed by atoms with Crippen LogP contribution in [0, 0.1) is 5.82 Å². The number of hydrogen-bond acceptors (Lipinski definition) is 4. The van der Waals surface area contributed by atoms with E-state index in [9.17, 15) is 14.0 Å². The Morgan fingerprint density at radius 2 is 2.04 bits per heavy atom. The van der Waals surface area contributed by atoms with E-state index >= 15 is 0 Å². The highest BCUT2D eigenvalue weighted by Gasteiger charge is 2.33. The largest absolute Gasteiger partial charge is 0.445 e. The zero-order chi connectivity index (χ0) is 19.3. The summed E-state index contributed by atoms with van der Waals surface area (Å²) in [7, 11) is 0. The average Bonchev–Trinajstić information content (AvgIpc) is 3.00. The highest BCUT2D eigenvalue weighted by Crippen LogP contribution is 2.33. The van der Waals surface area contributed by atoms with Crippen molar-refractivity contribution in [3.05, 3.63) is 70.7 Å². The molecule has 28 heavy (non-hydrogen) atoms. The normalized spacial score (nSPS) is 15.4. The maximum Gasteiger partial charge on any atom is 0.410 e. The van der Waals surface area contributed by atoms with Crippen molar-refractivity contribution in [2.24, 2.45) is 4.99 Å². The van der Waals surface area contributed by atoms with E-state index in [1.54, 1.807) is 0 Å². The summed E-state index contributed by atoms with van der Waals surface area (Å²) in [4.78, 5) is 34.1. The van der Waals surface area contributed by atoms with Gasteiger partial charge in [-0.1, -0.05) is 30.3 Å². The molecule has 1 N–H and O–H groups in total. The predicted octanol–water partition coefficient (Wildman–Crippen LogP) is 3.44. The molecule has 0 saturated heterocycles. The maximum atomic E-state index is 13.9. The summed E-state index contributed by atoms with van der Waals surface area (Å²) in [6, 6.07) is 12.1. The second kappa shape index (κ2) is 6.30. The van der Waals surface area contributed by atoms with Crippen molar-refractivity contribution in [1.82, 2.24) is 9.88 Å². The number of nitrogens with one attached hydrogen (secondary N) is 1. The molecule has 0 fully saturated rings. The first-order valence-electron chi connectivity index (χ1n) is 8.97. The van der Waals surface area contributed by atoms with Crippen molar-refractivity contribution in [3.8, 4) is 0 Å². The number of H-pyrrole nitrogens is 1. The fraction of sp³-hybridized carbons (Fsp3) is 0.190. The van der Waals surface area contributed by atoms with Gasteiger partial charge in [-0.05, 0) is 17.7 Å². The minimum atomic E-state index is -0.475. The van der Waals surface area contributed by atoms with Gasteiger partial charge in [0.2, 0.25) is 0 Å². The van der Waals surface area contributed by atoms with Crippen LogP contribution in [0.5, 0.6) is 0 Å². The van der Waals surface area contributed by atoms with Gasteiger partial charge >= 0.3 is 6.09 Å². The lowest BCUT2D eigenvalue weighted by Crippen LogP contribution is -2.40. The molecule has 0 aliphatic carbocycles. The van der Waals surface area contributed by atoms with E-state index in [1.165, 1.54) is 17.0 Å². The summed E-state index contributed by atoms with van der Waals surface area (Å²) in [6.45, 7) is 0.647. The number of aromatic nitrogens is 1. The summed E-state index contributed by atoms with van der Waals surface area (Å²) in [5.41, 5.74) is 3.97. The maximum absolute atomic E-state index is 13.9. The van der Waals surface area contributed by atoms with Gasteiger partial charge in [-0.25, -0.2) is 9.18 Å². The minimum absolute atomic E-state index is 0.0606. The molecule has 0 spiro atoms. The van der Waals surface area contributed by atoms with E-state index in [0.717, 1.165) is 16.8 Å². The molecule has 2 aliphatic heterocycles. The lowest BCUT2D eigenvalue weighted by atomic mass is 9.97. The van der Waals surface area contributed by atoms with E-state index in [4.69, 9.17) is 4.74 Å². The third kappa shape index (κ3) is 2.67. The number of benzene rings is 2. The Balaban J connectivity index is 1.47. The molecule has 0 atom stereocenters. The van der Waals surface area contributed by atoms with E-state index < -0.39 is 11.9 Å². The Kier molecular flexibility index (Phi) is 3.75. The van der Waals surface area contributed by atoms with Crippen molar-refractivity contribution in [1.29, 1.82) is 0 Å². The number of Topliss-reactive ketones (excluding diaryl/α,β-unsaturated/α-hetero) is 1. The van der Waals surface area contributed by atoms with Gasteiger partial charge in [-0.15, -0.1) is 0 Å². The molecule has 0 bridgehead atoms. The van der Waals surface area contributed by atoms with Gasteiger partial charge in [0.15, 0.2) is 5.78 Å². The number of amides is 1. The van der Waals surface area contributed by atoms with Crippen LogP contribution in [-0.4, -0.2) is 40.6 Å². The number of aliphatic imine (C=N–C) groups is 1. The second-order valence-corrected chi connectivity index (χ2v) is 6.94. The second-order valence-electron chi connectivity index (χ2n) is 6.94. The van der Waals surface area contributed by atoms with Crippen LogP contribution in [0.15, 0.2) is 47.5 Å². The smallest absolute Gasteiger partial charge is 0.410 e. The Bertz CT molecular complexity index is 1150. The molecule has 3 aromatic rings. The molecule has 6 nitrogen and oxygen atoms in total. The molecular weight excluding hydrogens is 361 g/mol. The van der Waals surface area contributed by atoms with Gasteiger partial charge in [-0.2, -0.15) is 0 Å². The van der Waals surface area contributed by atoms with E-state index in [-0.39, 0.29) is 32.0 Å². The predicted molar refractivity (Wildman–Crippen MR) is 101 cm³/mol. The van der Waals surface area contributed by atoms with Crippen molar-refractivity contribution in [3.63, 3.8) is 0 Å². The molecule has 140 valence electrons. The Morgan fingerprint density at radius 3 is 2.86 bits per heavy atom. The molecule has 0 saturated carbocycles. The number of carbonyl (C=O) groups is 2. The molecular formula is C21H16FN3O3. The molecule has 3 heterocycles. The topological polar surface area (TPSA) is 74.8 Å². The van der Waals surface area contributed by atoms with Crippen molar-refractivity contribution < 1.29 is 18.7 Å². The van der Waals surface area contributed by atoms with Gasteiger partial charge in [-0.3, -0.25) is 14.7 Å². The minimum Gasteiger partial charge on any atom is -0.445 e. The first-order chi connectivity index (χ1) is 13.6. The number of aromatic amines is 1. The molecule has 5 rings (SSSR count). The van der Waals surface area contributed by atoms with Crippen LogP contribution in [0.2, 0.25) is 0 Å². The highest BCUT2D eigenvalue weighted by molar-refractivity contribution is 6.22. The third-order valence-corrected chi connectivity index (χ3v) is 5.10. The molecule has 1 amide bonds. The number of ketones is 1. The average molecular weight is 377 g/mol. The summed E-state index contributed by atoms with van der Waals surface area (Å²) in [5.74, 6) is -0.705. The van der Waals surface area contributed by atoms with Crippen LogP contribution in [0.4, 0.5) is 9.18 Å². The van der Waals surface area contributed by atoms with Crippen LogP contribution < -0.4 is 0 Å². The monoisotopic (exact) mass is 377 g/mol. The fourth-order valence-electron chi connectivity index (χ4n) is 3.84. The van der Waals surface area contributed by atoms with E-state index in [2.05, 4.69) is 9.98 Å². The molecule has 2 aromatic carbocycles. The Labute approximate surface area is 159 Å². The molecule has 1 aromatic heterocycles. The lowest BCUT2D eigenvalue weighted by Gasteiger charge is -2.27. The van der Waals surface area contributed by atoms with Gasteiger partial charge < -0.3 is 9.72 Å². The Morgan fingerprint density at radius 1 is 1.21 bits per heavy atom. The zero-order valence-corrected chi connectivity index (χ0v) is 14.9. The van der Waals surface area contributed by atoms with Crippen LogP contribution in [0.3, 0.4) is 0 Å². The SMILES string of the molecule is O=C1CN=C2CN(C(=O)OCc3ccccc3)Cc3[nH]c4cc(F)cc1c4c32.